The van der Waals surface area contributed by atoms with Gasteiger partial charge in [0.05, 0.1) is 0 Å². The lowest BCUT2D eigenvalue weighted by molar-refractivity contribution is 0.0527. The fourth-order valence-corrected chi connectivity index (χ4v) is 2.33. The van der Waals surface area contributed by atoms with Crippen molar-refractivity contribution in [2.45, 2.75) is 52.2 Å². The molecule has 0 saturated heterocycles. The number of halogens is 1. The monoisotopic (exact) mass is 370 g/mol. The molecule has 0 aliphatic carbocycles. The maximum Gasteiger partial charge on any atom is 0.407 e. The van der Waals surface area contributed by atoms with Crippen LogP contribution < -0.4 is 10.6 Å². The maximum absolute atomic E-state index is 11.5. The van der Waals surface area contributed by atoms with Crippen molar-refractivity contribution in [3.63, 3.8) is 0 Å². The zero-order valence-electron chi connectivity index (χ0n) is 13.9. The Morgan fingerprint density at radius 1 is 1.23 bits per heavy atom. The highest BCUT2D eigenvalue weighted by Crippen LogP contribution is 2.19. The first-order valence-electron chi connectivity index (χ1n) is 7.77. The molecule has 0 aromatic heterocycles. The third-order valence-corrected chi connectivity index (χ3v) is 3.62. The molecule has 0 bridgehead atoms. The van der Waals surface area contributed by atoms with Crippen LogP contribution in [0.3, 0.4) is 0 Å². The van der Waals surface area contributed by atoms with Gasteiger partial charge in [-0.05, 0) is 57.9 Å². The Kier molecular flexibility index (Phi) is 7.90. The number of ether oxygens (including phenoxy) is 1. The number of hydrogen-bond acceptors (Lipinski definition) is 3. The van der Waals surface area contributed by atoms with Crippen molar-refractivity contribution < 1.29 is 9.53 Å². The van der Waals surface area contributed by atoms with Crippen LogP contribution in [0.2, 0.25) is 0 Å². The molecular formula is C17H27BrN2O2. The lowest BCUT2D eigenvalue weighted by atomic mass is 10.0. The maximum atomic E-state index is 11.5. The summed E-state index contributed by atoms with van der Waals surface area (Å²) in [5.74, 6) is 0. The number of hydrogen-bond donors (Lipinski definition) is 2. The van der Waals surface area contributed by atoms with E-state index in [1.165, 1.54) is 5.56 Å². The quantitative estimate of drug-likeness (QED) is 0.699. The zero-order valence-corrected chi connectivity index (χ0v) is 15.5. The average molecular weight is 371 g/mol. The van der Waals surface area contributed by atoms with E-state index in [0.717, 1.165) is 23.9 Å². The van der Waals surface area contributed by atoms with Crippen molar-refractivity contribution in [2.75, 3.05) is 13.1 Å². The summed E-state index contributed by atoms with van der Waals surface area (Å²) in [5.41, 5.74) is 0.836. The molecule has 0 saturated carbocycles. The summed E-state index contributed by atoms with van der Waals surface area (Å²) in [4.78, 5) is 11.5. The van der Waals surface area contributed by atoms with Gasteiger partial charge in [0.2, 0.25) is 0 Å². The van der Waals surface area contributed by atoms with Gasteiger partial charge in [-0.3, -0.25) is 0 Å². The first kappa shape index (κ1) is 19.0. The fourth-order valence-electron chi connectivity index (χ4n) is 2.06. The SMILES string of the molecule is CCC(NCCCNC(=O)OC(C)(C)C)c1ccc(Br)cc1. The Balaban J connectivity index is 2.25. The highest BCUT2D eigenvalue weighted by molar-refractivity contribution is 9.10. The van der Waals surface area contributed by atoms with Crippen molar-refractivity contribution in [1.82, 2.24) is 10.6 Å². The standard InChI is InChI=1S/C17H27BrN2O2/c1-5-15(13-7-9-14(18)10-8-13)19-11-6-12-20-16(21)22-17(2,3)4/h7-10,15,19H,5-6,11-12H2,1-4H3,(H,20,21). The summed E-state index contributed by atoms with van der Waals surface area (Å²) in [5, 5.41) is 6.29. The number of carbonyl (C=O) groups excluding carboxylic acids is 1. The third-order valence-electron chi connectivity index (χ3n) is 3.09. The van der Waals surface area contributed by atoms with Gasteiger partial charge in [0.25, 0.3) is 0 Å². The Labute approximate surface area is 142 Å². The van der Waals surface area contributed by atoms with Crippen LogP contribution in [-0.2, 0) is 4.74 Å². The molecule has 1 unspecified atom stereocenters. The second-order valence-corrected chi connectivity index (χ2v) is 7.16. The van der Waals surface area contributed by atoms with Gasteiger partial charge in [-0.15, -0.1) is 0 Å². The molecule has 22 heavy (non-hydrogen) atoms. The summed E-state index contributed by atoms with van der Waals surface area (Å²) < 4.78 is 6.28. The number of carbonyl (C=O) groups is 1. The molecule has 124 valence electrons. The molecule has 1 atom stereocenters. The van der Waals surface area contributed by atoms with Crippen molar-refractivity contribution in [1.29, 1.82) is 0 Å². The predicted octanol–water partition coefficient (Wildman–Crippen LogP) is 4.40. The minimum atomic E-state index is -0.447. The zero-order chi connectivity index (χ0) is 16.6. The molecule has 4 nitrogen and oxygen atoms in total. The smallest absolute Gasteiger partial charge is 0.407 e. The lowest BCUT2D eigenvalue weighted by Gasteiger charge is -2.20. The van der Waals surface area contributed by atoms with E-state index in [4.69, 9.17) is 4.74 Å². The molecule has 0 spiro atoms. The van der Waals surface area contributed by atoms with E-state index in [-0.39, 0.29) is 6.09 Å². The average Bonchev–Trinajstić information content (AvgIpc) is 2.42. The summed E-state index contributed by atoms with van der Waals surface area (Å²) in [7, 11) is 0. The van der Waals surface area contributed by atoms with E-state index in [9.17, 15) is 4.79 Å². The van der Waals surface area contributed by atoms with E-state index in [2.05, 4.69) is 57.8 Å². The Hall–Kier alpha value is -1.07. The first-order chi connectivity index (χ1) is 10.3. The molecule has 1 aromatic carbocycles. The molecule has 0 aliphatic heterocycles. The van der Waals surface area contributed by atoms with E-state index < -0.39 is 5.60 Å². The van der Waals surface area contributed by atoms with Gasteiger partial charge in [-0.25, -0.2) is 4.79 Å². The largest absolute Gasteiger partial charge is 0.444 e. The van der Waals surface area contributed by atoms with Crippen molar-refractivity contribution >= 4 is 22.0 Å². The van der Waals surface area contributed by atoms with Gasteiger partial charge >= 0.3 is 6.09 Å². The van der Waals surface area contributed by atoms with Gasteiger partial charge in [-0.2, -0.15) is 0 Å². The molecule has 1 rings (SSSR count). The van der Waals surface area contributed by atoms with Crippen LogP contribution in [-0.4, -0.2) is 24.8 Å². The van der Waals surface area contributed by atoms with Crippen LogP contribution in [0.5, 0.6) is 0 Å². The van der Waals surface area contributed by atoms with E-state index in [1.807, 2.05) is 20.8 Å². The van der Waals surface area contributed by atoms with Crippen molar-refractivity contribution in [3.05, 3.63) is 34.3 Å². The van der Waals surface area contributed by atoms with Gasteiger partial charge in [-0.1, -0.05) is 35.0 Å². The highest BCUT2D eigenvalue weighted by Gasteiger charge is 2.15. The van der Waals surface area contributed by atoms with Crippen molar-refractivity contribution in [3.8, 4) is 0 Å². The third kappa shape index (κ3) is 7.80. The minimum absolute atomic E-state index is 0.342. The van der Waals surface area contributed by atoms with E-state index >= 15 is 0 Å². The van der Waals surface area contributed by atoms with E-state index in [0.29, 0.717) is 12.6 Å². The Morgan fingerprint density at radius 2 is 1.86 bits per heavy atom. The fraction of sp³-hybridized carbons (Fsp3) is 0.588. The summed E-state index contributed by atoms with van der Waals surface area (Å²) in [6.07, 6.45) is 1.54. The Bertz CT molecular complexity index is 455. The number of benzene rings is 1. The van der Waals surface area contributed by atoms with Crippen LogP contribution in [0.15, 0.2) is 28.7 Å². The number of rotatable bonds is 7. The van der Waals surface area contributed by atoms with Crippen LogP contribution in [0, 0.1) is 0 Å². The molecule has 0 heterocycles. The minimum Gasteiger partial charge on any atom is -0.444 e. The van der Waals surface area contributed by atoms with Crippen LogP contribution >= 0.6 is 15.9 Å². The topological polar surface area (TPSA) is 50.4 Å². The predicted molar refractivity (Wildman–Crippen MR) is 94.0 cm³/mol. The van der Waals surface area contributed by atoms with Crippen LogP contribution in [0.4, 0.5) is 4.79 Å². The normalized spacial score (nSPS) is 12.8. The number of amides is 1. The van der Waals surface area contributed by atoms with Gasteiger partial charge in [0.15, 0.2) is 0 Å². The molecule has 0 fully saturated rings. The molecule has 1 amide bonds. The van der Waals surface area contributed by atoms with Crippen LogP contribution in [0.25, 0.3) is 0 Å². The number of alkyl carbamates (subject to hydrolysis) is 1. The lowest BCUT2D eigenvalue weighted by Crippen LogP contribution is -2.34. The van der Waals surface area contributed by atoms with Crippen molar-refractivity contribution in [2.24, 2.45) is 0 Å². The van der Waals surface area contributed by atoms with Gasteiger partial charge < -0.3 is 15.4 Å². The molecule has 2 N–H and O–H groups in total. The van der Waals surface area contributed by atoms with Gasteiger partial charge in [0.1, 0.15) is 5.60 Å². The Morgan fingerprint density at radius 3 is 2.41 bits per heavy atom. The van der Waals surface area contributed by atoms with E-state index in [1.54, 1.807) is 0 Å². The highest BCUT2D eigenvalue weighted by atomic mass is 79.9. The molecule has 1 aromatic rings. The van der Waals surface area contributed by atoms with Gasteiger partial charge in [0, 0.05) is 17.1 Å². The summed E-state index contributed by atoms with van der Waals surface area (Å²) >= 11 is 3.45. The molecule has 0 radical (unpaired) electrons. The number of nitrogens with one attached hydrogen (secondary N) is 2. The van der Waals surface area contributed by atoms with Crippen LogP contribution in [0.1, 0.15) is 52.1 Å². The summed E-state index contributed by atoms with van der Waals surface area (Å²) in [6, 6.07) is 8.72. The summed E-state index contributed by atoms with van der Waals surface area (Å²) in [6.45, 7) is 9.20. The molecule has 5 heteroatoms. The second kappa shape index (κ2) is 9.16. The molecular weight excluding hydrogens is 344 g/mol. The molecule has 0 aliphatic rings. The first-order valence-corrected chi connectivity index (χ1v) is 8.57. The second-order valence-electron chi connectivity index (χ2n) is 6.25.